The van der Waals surface area contributed by atoms with Crippen molar-refractivity contribution in [3.63, 3.8) is 0 Å². The fraction of sp³-hybridized carbons (Fsp3) is 0.212. The summed E-state index contributed by atoms with van der Waals surface area (Å²) in [6.07, 6.45) is 0.550. The quantitative estimate of drug-likeness (QED) is 0.0129. The minimum Gasteiger partial charge on any atom is -1.00 e. The maximum atomic E-state index is 12.8. The number of benzene rings is 12. The number of alkyl halides is 1. The molecule has 3 N–H and O–H groups in total. The number of sulfonamides is 6. The number of ether oxygens (including phenoxy) is 7. The molecule has 48 heteroatoms. The Kier molecular flexibility index (Phi) is 70.7. The number of carboxylic acid groups (broad SMARTS) is 1. The van der Waals surface area contributed by atoms with E-state index in [1.165, 1.54) is 127 Å². The number of hydrogen-bond donors (Lipinski definition) is 2. The predicted molar refractivity (Wildman–Crippen MR) is 532 cm³/mol. The number of nitrogens with one attached hydrogen (secondary N) is 1. The molecule has 0 saturated heterocycles. The van der Waals surface area contributed by atoms with Gasteiger partial charge in [-0.25, -0.2) is 64.3 Å². The van der Waals surface area contributed by atoms with Gasteiger partial charge in [-0.15, -0.1) is 18.1 Å². The minimum absolute atomic E-state index is 0. The summed E-state index contributed by atoms with van der Waals surface area (Å²) in [6, 6.07) is 79.0. The molecule has 0 bridgehead atoms. The smallest absolute Gasteiger partial charge is 1.00 e. The van der Waals surface area contributed by atoms with Gasteiger partial charge in [0.2, 0.25) is 30.1 Å². The third kappa shape index (κ3) is 42.4. The minimum atomic E-state index is -4.08. The van der Waals surface area contributed by atoms with E-state index in [1.54, 1.807) is 211 Å². The Hall–Kier alpha value is -7.56. The van der Waals surface area contributed by atoms with Crippen molar-refractivity contribution < 1.29 is 331 Å². The molecular weight excluding hydrogens is 2130 g/mol. The van der Waals surface area contributed by atoms with Crippen molar-refractivity contribution in [3.05, 3.63) is 363 Å². The summed E-state index contributed by atoms with van der Waals surface area (Å²) >= 11 is 5.58. The maximum Gasteiger partial charge on any atom is 1.00 e. The average Bonchev–Trinajstić information content (AvgIpc) is 1.59. The van der Waals surface area contributed by atoms with E-state index in [9.17, 15) is 84.7 Å². The van der Waals surface area contributed by atoms with E-state index >= 15 is 0 Å². The number of carbonyl (C=O) groups excluding carboxylic acids is 6. The Bertz CT molecular complexity index is 6850. The van der Waals surface area contributed by atoms with Crippen molar-refractivity contribution >= 4 is 108 Å². The number of carboxylic acids is 1. The first-order chi connectivity index (χ1) is 65.2. The number of hydrogen-bond acceptors (Lipinski definition) is 30. The van der Waals surface area contributed by atoms with Gasteiger partial charge in [-0.1, -0.05) is 199 Å². The molecular formula is C99H114ClK2N6Na3O30S6. The number of fused-ring (bicyclic) bond motifs is 2. The Morgan fingerprint density at radius 2 is 0.762 bits per heavy atom. The number of halogens is 1. The SMILES string of the molecule is C.C.C.C.COC(=O)c1ccccc1S(=O)(=O)N(C)Cc1ccc(OC)cc1.COc1ccc(CCl)cc1.COc1ccc(CN(C)S(=O)(=O)c2ccccc2C=O)cc1.COc1ccc(CN(C)S(=O)(=O)c2ccccc2CO)cc1.COc1ccc(CN2C(=O)c3ccccc3S2(=O)=O)cc1.COc1ccc(C[N-]S(=O)(=O)c2ccccc2C(=O)[O-])cc1.O=C1NS(=O)(=O)c2ccccc21.O=CO[O-].[H-].[K+].[K+].[Na+].[Na+].[Na+].[OH-]. The molecule has 0 aliphatic carbocycles. The van der Waals surface area contributed by atoms with Gasteiger partial charge in [-0.3, -0.25) is 19.2 Å². The van der Waals surface area contributed by atoms with Crippen LogP contribution in [0.3, 0.4) is 0 Å². The summed E-state index contributed by atoms with van der Waals surface area (Å²) < 4.78 is 192. The average molecular weight is 2240 g/mol. The first kappa shape index (κ1) is 146. The summed E-state index contributed by atoms with van der Waals surface area (Å²) in [5.74, 6) is 1.60. The molecule has 2 heterocycles. The molecule has 14 rings (SSSR count). The van der Waals surface area contributed by atoms with E-state index in [4.69, 9.17) is 50.1 Å². The van der Waals surface area contributed by atoms with E-state index in [-0.39, 0.29) is 325 Å². The second-order valence-electron chi connectivity index (χ2n) is 28.4. The molecule has 147 heavy (non-hydrogen) atoms. The molecule has 2 aliphatic heterocycles. The van der Waals surface area contributed by atoms with E-state index in [0.29, 0.717) is 46.3 Å². The first-order valence-corrected chi connectivity index (χ1v) is 49.4. The van der Waals surface area contributed by atoms with Crippen LogP contribution in [0.2, 0.25) is 0 Å². The molecule has 0 fully saturated rings. The molecule has 768 valence electrons. The number of aldehydes is 1. The van der Waals surface area contributed by atoms with Gasteiger partial charge >= 0.3 is 197 Å². The summed E-state index contributed by atoms with van der Waals surface area (Å²) in [5.41, 5.74) is 5.60. The van der Waals surface area contributed by atoms with Gasteiger partial charge in [0.25, 0.3) is 38.3 Å². The van der Waals surface area contributed by atoms with Crippen molar-refractivity contribution in [2.45, 2.75) is 104 Å². The van der Waals surface area contributed by atoms with Crippen molar-refractivity contribution in [3.8, 4) is 34.5 Å². The van der Waals surface area contributed by atoms with Crippen LogP contribution in [0.1, 0.15) is 122 Å². The van der Waals surface area contributed by atoms with Gasteiger partial charge in [-0.2, -0.15) is 12.9 Å². The van der Waals surface area contributed by atoms with Crippen LogP contribution < -0.4 is 235 Å². The Labute approximate surface area is 1020 Å². The van der Waals surface area contributed by atoms with Gasteiger partial charge in [0, 0.05) is 57.8 Å². The fourth-order valence-electron chi connectivity index (χ4n) is 12.3. The second-order valence-corrected chi connectivity index (χ2v) is 39.8. The summed E-state index contributed by atoms with van der Waals surface area (Å²) in [4.78, 5) is 68.2. The number of aromatic carboxylic acids is 1. The largest absolute Gasteiger partial charge is 1.00 e. The molecule has 36 nitrogen and oxygen atoms in total. The topological polar surface area (TPSA) is 517 Å². The Balaban J connectivity index is -0.000000533. The van der Waals surface area contributed by atoms with Crippen LogP contribution in [-0.4, -0.2) is 186 Å². The van der Waals surface area contributed by atoms with Gasteiger partial charge in [0.15, 0.2) is 6.29 Å². The number of esters is 1. The Morgan fingerprint density at radius 1 is 0.442 bits per heavy atom. The van der Waals surface area contributed by atoms with E-state index in [2.05, 4.69) is 14.3 Å². The van der Waals surface area contributed by atoms with Crippen LogP contribution in [0.4, 0.5) is 0 Å². The monoisotopic (exact) mass is 2240 g/mol. The van der Waals surface area contributed by atoms with Gasteiger partial charge in [-0.05, 0) is 161 Å². The number of amides is 2. The van der Waals surface area contributed by atoms with Crippen molar-refractivity contribution in [2.75, 3.05) is 70.9 Å². The number of carbonyl (C=O) groups is 6. The molecule has 0 atom stereocenters. The summed E-state index contributed by atoms with van der Waals surface area (Å²) in [5, 5.41) is 28.7. The number of aliphatic hydroxyl groups excluding tert-OH is 1. The molecule has 12 aromatic carbocycles. The zero-order chi connectivity index (χ0) is 101. The molecule has 0 radical (unpaired) electrons. The van der Waals surface area contributed by atoms with Crippen LogP contribution in [0, 0.1) is 0 Å². The molecule has 0 aromatic heterocycles. The maximum absolute atomic E-state index is 12.8. The molecule has 2 amide bonds. The molecule has 2 aliphatic rings. The zero-order valence-corrected chi connectivity index (χ0v) is 98.6. The van der Waals surface area contributed by atoms with Crippen LogP contribution in [-0.2, 0) is 120 Å². The van der Waals surface area contributed by atoms with E-state index < -0.39 is 89.5 Å². The molecule has 0 spiro atoms. The van der Waals surface area contributed by atoms with E-state index in [0.717, 1.165) is 43.6 Å². The van der Waals surface area contributed by atoms with Crippen molar-refractivity contribution in [1.82, 2.24) is 21.9 Å². The Morgan fingerprint density at radius 3 is 1.13 bits per heavy atom. The van der Waals surface area contributed by atoms with Crippen LogP contribution in [0.5, 0.6) is 34.5 Å². The second kappa shape index (κ2) is 71.4. The van der Waals surface area contributed by atoms with Gasteiger partial charge < -0.3 is 69.9 Å². The first-order valence-electron chi connectivity index (χ1n) is 40.2. The fourth-order valence-corrected chi connectivity index (χ4v) is 20.4. The zero-order valence-electron chi connectivity index (χ0n) is 81.7. The normalized spacial score (nSPS) is 11.5. The number of nitrogens with zero attached hydrogens (tertiary/aromatic N) is 5. The van der Waals surface area contributed by atoms with Crippen LogP contribution >= 0.6 is 11.6 Å². The number of aliphatic hydroxyl groups is 1. The standard InChI is InChI=1S/C17H19NO5S.C16H19NO4S.C16H17NO4S.C15H14NO5S.C15H13NO4S.C8H9ClO.C7H5NO3S.CH2O3.4CH4.2K.3Na.H2O.H/c1-18(12-13-8-10-14(22-2)11-9-13)24(20,21)16-7-5-4-6-15(16)17(19)23-3;2*1-17(11-13-7-9-15(21-2)10-8-13)22(19,20)16-6-4-3-5-14(16)12-18;1-21-12-8-6-11(7-9-12)10-16-22(19,20)14-5-3-2-4-13(14)15(17)18;1-20-12-8-6-11(7-9-12)10-16-15(17)13-4-2-3-5-14(13)21(16,18)19;1-10-8-4-2-7(6-9)3-5-8;9-7-5-3-1-2-4-6(5)12(10,11)8-7;2-1-4-3;;;;;;;;;;;/h4-11H,12H2,1-3H3;3-10,18H,11-12H2,1-2H3;3-10,12H,11H2,1-2H3;2-9H,10H2,1H3,(H,17,18);2-9H,10H2,1H3;2-5H,6H2,1H3;1-4H,(H,8,9);1,3H;4*1H4;;;;;;1H2;/q;;;-1;;;;;;;;;5*+1;;-1/p-3. The summed E-state index contributed by atoms with van der Waals surface area (Å²) in [6.45, 7) is 0.0484. The third-order valence-corrected chi connectivity index (χ3v) is 30.1. The van der Waals surface area contributed by atoms with Crippen LogP contribution in [0.15, 0.2) is 321 Å². The predicted octanol–water partition coefficient (Wildman–Crippen LogP) is -1.51. The number of rotatable bonds is 30. The summed E-state index contributed by atoms with van der Waals surface area (Å²) in [7, 11) is -7.46. The number of methoxy groups -OCH3 is 7. The molecule has 0 unspecified atom stereocenters. The van der Waals surface area contributed by atoms with Gasteiger partial charge in [0.05, 0.1) is 105 Å². The van der Waals surface area contributed by atoms with Crippen LogP contribution in [0.25, 0.3) is 4.72 Å². The van der Waals surface area contributed by atoms with Crippen molar-refractivity contribution in [1.29, 1.82) is 0 Å². The van der Waals surface area contributed by atoms with E-state index in [1.807, 2.05) is 41.1 Å². The molecule has 12 aromatic rings. The van der Waals surface area contributed by atoms with Gasteiger partial charge in [0.1, 0.15) is 54.3 Å². The van der Waals surface area contributed by atoms with Crippen molar-refractivity contribution in [2.24, 2.45) is 0 Å². The molecule has 0 saturated carbocycles. The third-order valence-electron chi connectivity index (χ3n) is 19.6.